The molecule has 2 heterocycles. The molecule has 0 amide bonds. The Morgan fingerprint density at radius 3 is 2.59 bits per heavy atom. The number of aromatic nitrogens is 2. The summed E-state index contributed by atoms with van der Waals surface area (Å²) in [7, 11) is 0. The summed E-state index contributed by atoms with van der Waals surface area (Å²) < 4.78 is 5.30. The van der Waals surface area contributed by atoms with Gasteiger partial charge in [-0.3, -0.25) is 14.6 Å². The summed E-state index contributed by atoms with van der Waals surface area (Å²) >= 11 is 1.42. The Morgan fingerprint density at radius 2 is 1.93 bits per heavy atom. The Morgan fingerprint density at radius 1 is 1.15 bits per heavy atom. The lowest BCUT2D eigenvalue weighted by molar-refractivity contribution is -0.145. The number of hydrogen-bond acceptors (Lipinski definition) is 6. The van der Waals surface area contributed by atoms with Gasteiger partial charge in [0, 0.05) is 17.1 Å². The average molecular weight is 380 g/mol. The molecule has 1 aromatic carbocycles. The monoisotopic (exact) mass is 380 g/mol. The van der Waals surface area contributed by atoms with E-state index in [0.717, 1.165) is 22.7 Å². The van der Waals surface area contributed by atoms with Gasteiger partial charge in [-0.25, -0.2) is 4.98 Å². The molecule has 27 heavy (non-hydrogen) atoms. The van der Waals surface area contributed by atoms with Gasteiger partial charge in [0.25, 0.3) is 0 Å². The van der Waals surface area contributed by atoms with Crippen molar-refractivity contribution in [2.45, 2.75) is 32.8 Å². The molecule has 3 rings (SSSR count). The number of rotatable bonds is 7. The summed E-state index contributed by atoms with van der Waals surface area (Å²) in [6.07, 6.45) is 1.80. The average Bonchev–Trinajstić information content (AvgIpc) is 3.16. The van der Waals surface area contributed by atoms with Crippen molar-refractivity contribution in [2.75, 3.05) is 0 Å². The zero-order valence-electron chi connectivity index (χ0n) is 15.2. The van der Waals surface area contributed by atoms with E-state index in [1.807, 2.05) is 30.3 Å². The van der Waals surface area contributed by atoms with Crippen molar-refractivity contribution in [1.82, 2.24) is 9.97 Å². The summed E-state index contributed by atoms with van der Waals surface area (Å²) in [5, 5.41) is 2.56. The molecule has 0 saturated heterocycles. The first-order chi connectivity index (χ1) is 13.1. The molecule has 0 radical (unpaired) electrons. The normalized spacial score (nSPS) is 11.8. The Balaban J connectivity index is 1.58. The van der Waals surface area contributed by atoms with E-state index < -0.39 is 12.1 Å². The minimum Gasteiger partial charge on any atom is -0.454 e. The fourth-order valence-corrected chi connectivity index (χ4v) is 3.37. The van der Waals surface area contributed by atoms with Crippen LogP contribution in [0.1, 0.15) is 35.5 Å². The van der Waals surface area contributed by atoms with Crippen LogP contribution in [0.15, 0.2) is 54.0 Å². The number of carbonyl (C=O) groups is 2. The van der Waals surface area contributed by atoms with Crippen molar-refractivity contribution in [1.29, 1.82) is 0 Å². The number of hydrogen-bond donors (Lipinski definition) is 0. The maximum absolute atomic E-state index is 12.4. The number of esters is 1. The first kappa shape index (κ1) is 18.9. The highest BCUT2D eigenvalue weighted by Crippen LogP contribution is 2.21. The quantitative estimate of drug-likeness (QED) is 0.455. The van der Waals surface area contributed by atoms with Crippen molar-refractivity contribution >= 4 is 23.1 Å². The van der Waals surface area contributed by atoms with Crippen LogP contribution in [-0.4, -0.2) is 27.8 Å². The van der Waals surface area contributed by atoms with Gasteiger partial charge in [-0.05, 0) is 31.0 Å². The molecule has 0 spiro atoms. The topological polar surface area (TPSA) is 69.2 Å². The van der Waals surface area contributed by atoms with Crippen LogP contribution in [-0.2, 0) is 22.4 Å². The van der Waals surface area contributed by atoms with Crippen LogP contribution in [0.2, 0.25) is 0 Å². The van der Waals surface area contributed by atoms with Crippen LogP contribution in [0.25, 0.3) is 10.7 Å². The predicted molar refractivity (Wildman–Crippen MR) is 105 cm³/mol. The fraction of sp³-hybridized carbons (Fsp3) is 0.238. The Labute approximate surface area is 162 Å². The summed E-state index contributed by atoms with van der Waals surface area (Å²) in [5.74, 6) is -0.683. The van der Waals surface area contributed by atoms with Crippen LogP contribution < -0.4 is 0 Å². The van der Waals surface area contributed by atoms with Crippen molar-refractivity contribution < 1.29 is 14.3 Å². The number of carbonyl (C=O) groups excluding carboxylic acids is 2. The molecule has 6 heteroatoms. The zero-order valence-corrected chi connectivity index (χ0v) is 16.0. The Kier molecular flexibility index (Phi) is 6.08. The molecule has 0 aliphatic carbocycles. The van der Waals surface area contributed by atoms with Crippen LogP contribution >= 0.6 is 11.3 Å². The van der Waals surface area contributed by atoms with Crippen LogP contribution in [0.4, 0.5) is 0 Å². The van der Waals surface area contributed by atoms with Crippen LogP contribution in [0, 0.1) is 0 Å². The highest BCUT2D eigenvalue weighted by molar-refractivity contribution is 7.13. The number of aryl methyl sites for hydroxylation is 1. The molecule has 0 bridgehead atoms. The highest BCUT2D eigenvalue weighted by Gasteiger charge is 2.20. The minimum atomic E-state index is -0.834. The standard InChI is InChI=1S/C21H20N2O3S/c1-3-15-7-9-16(10-8-15)20(25)14(2)26-19(24)12-17-13-27-21(23-17)18-6-4-5-11-22-18/h4-11,13-14H,3,12H2,1-2H3. The van der Waals surface area contributed by atoms with Gasteiger partial charge >= 0.3 is 5.97 Å². The van der Waals surface area contributed by atoms with Crippen LogP contribution in [0.3, 0.4) is 0 Å². The Bertz CT molecular complexity index is 920. The summed E-state index contributed by atoms with van der Waals surface area (Å²) in [6.45, 7) is 3.65. The molecule has 0 aliphatic rings. The Hall–Kier alpha value is -2.86. The number of ether oxygens (including phenoxy) is 1. The number of thiazole rings is 1. The van der Waals surface area contributed by atoms with Crippen molar-refractivity contribution in [3.63, 3.8) is 0 Å². The van der Waals surface area contributed by atoms with E-state index in [9.17, 15) is 9.59 Å². The lowest BCUT2D eigenvalue weighted by atomic mass is 10.0. The van der Waals surface area contributed by atoms with Crippen molar-refractivity contribution in [3.05, 3.63) is 70.9 Å². The lowest BCUT2D eigenvalue weighted by Gasteiger charge is -2.12. The van der Waals surface area contributed by atoms with Crippen LogP contribution in [0.5, 0.6) is 0 Å². The van der Waals surface area contributed by atoms with Crippen molar-refractivity contribution in [3.8, 4) is 10.7 Å². The maximum atomic E-state index is 12.4. The molecular weight excluding hydrogens is 360 g/mol. The third-order valence-corrected chi connectivity index (χ3v) is 5.00. The summed E-state index contributed by atoms with van der Waals surface area (Å²) in [5.41, 5.74) is 3.07. The van der Waals surface area contributed by atoms with Gasteiger partial charge in [0.15, 0.2) is 6.10 Å². The summed E-state index contributed by atoms with van der Waals surface area (Å²) in [4.78, 5) is 33.3. The number of pyridine rings is 1. The molecular formula is C21H20N2O3S. The molecule has 3 aromatic rings. The molecule has 2 aromatic heterocycles. The van der Waals surface area contributed by atoms with Gasteiger partial charge in [0.1, 0.15) is 5.01 Å². The molecule has 5 nitrogen and oxygen atoms in total. The third kappa shape index (κ3) is 4.86. The van der Waals surface area contributed by atoms with Crippen molar-refractivity contribution in [2.24, 2.45) is 0 Å². The van der Waals surface area contributed by atoms with Gasteiger partial charge in [-0.15, -0.1) is 11.3 Å². The first-order valence-corrected chi connectivity index (χ1v) is 9.63. The lowest BCUT2D eigenvalue weighted by Crippen LogP contribution is -2.25. The van der Waals surface area contributed by atoms with Gasteiger partial charge in [0.2, 0.25) is 5.78 Å². The van der Waals surface area contributed by atoms with E-state index in [4.69, 9.17) is 4.74 Å². The van der Waals surface area contributed by atoms with Gasteiger partial charge in [-0.1, -0.05) is 37.3 Å². The second kappa shape index (κ2) is 8.68. The van der Waals surface area contributed by atoms with E-state index in [0.29, 0.717) is 11.3 Å². The second-order valence-electron chi connectivity index (χ2n) is 6.08. The predicted octanol–water partition coefficient (Wildman–Crippen LogP) is 4.12. The highest BCUT2D eigenvalue weighted by atomic mass is 32.1. The number of ketones is 1. The molecule has 0 fully saturated rings. The SMILES string of the molecule is CCc1ccc(C(=O)C(C)OC(=O)Cc2csc(-c3ccccn3)n2)cc1. The smallest absolute Gasteiger partial charge is 0.312 e. The first-order valence-electron chi connectivity index (χ1n) is 8.75. The maximum Gasteiger partial charge on any atom is 0.312 e. The van der Waals surface area contributed by atoms with E-state index in [2.05, 4.69) is 16.9 Å². The van der Waals surface area contributed by atoms with E-state index in [-0.39, 0.29) is 12.2 Å². The van der Waals surface area contributed by atoms with Gasteiger partial charge < -0.3 is 4.74 Å². The largest absolute Gasteiger partial charge is 0.454 e. The van der Waals surface area contributed by atoms with E-state index >= 15 is 0 Å². The molecule has 1 unspecified atom stereocenters. The third-order valence-electron chi connectivity index (χ3n) is 4.09. The molecule has 0 N–H and O–H groups in total. The number of benzene rings is 1. The van der Waals surface area contributed by atoms with E-state index in [1.54, 1.807) is 30.6 Å². The second-order valence-corrected chi connectivity index (χ2v) is 6.94. The van der Waals surface area contributed by atoms with E-state index in [1.165, 1.54) is 11.3 Å². The number of nitrogens with zero attached hydrogens (tertiary/aromatic N) is 2. The van der Waals surface area contributed by atoms with Gasteiger partial charge in [0.05, 0.1) is 17.8 Å². The fourth-order valence-electron chi connectivity index (χ4n) is 2.57. The number of Topliss-reactive ketones (excluding diaryl/α,β-unsaturated/α-hetero) is 1. The summed E-state index contributed by atoms with van der Waals surface area (Å²) in [6, 6.07) is 13.0. The molecule has 138 valence electrons. The molecule has 0 saturated carbocycles. The minimum absolute atomic E-state index is 0.0235. The molecule has 0 aliphatic heterocycles. The molecule has 1 atom stereocenters. The van der Waals surface area contributed by atoms with Gasteiger partial charge in [-0.2, -0.15) is 0 Å². The zero-order chi connectivity index (χ0) is 19.2.